The van der Waals surface area contributed by atoms with Gasteiger partial charge in [0, 0.05) is 11.6 Å². The smallest absolute Gasteiger partial charge is 0.276 e. The molecule has 0 unspecified atom stereocenters. The summed E-state index contributed by atoms with van der Waals surface area (Å²) in [5, 5.41) is 2.54. The largest absolute Gasteiger partial charge is 0.438 e. The summed E-state index contributed by atoms with van der Waals surface area (Å²) in [4.78, 5) is 24.1. The molecule has 0 saturated heterocycles. The molecule has 0 bridgehead atoms. The summed E-state index contributed by atoms with van der Waals surface area (Å²) in [7, 11) is 0. The lowest BCUT2D eigenvalue weighted by molar-refractivity contribution is 0.572. The summed E-state index contributed by atoms with van der Waals surface area (Å²) >= 11 is 0. The number of aryl methyl sites for hydroxylation is 1. The van der Waals surface area contributed by atoms with Crippen LogP contribution in [0.4, 0.5) is 0 Å². The number of nitrogens with zero attached hydrogens (tertiary/aromatic N) is 1. The quantitative estimate of drug-likeness (QED) is 0.800. The van der Waals surface area contributed by atoms with Gasteiger partial charge in [-0.25, -0.2) is 0 Å². The molecule has 0 saturated carbocycles. The highest BCUT2D eigenvalue weighted by molar-refractivity contribution is 5.58. The molecule has 0 radical (unpaired) electrons. The minimum atomic E-state index is -0.296. The maximum atomic E-state index is 12.1. The van der Waals surface area contributed by atoms with Gasteiger partial charge < -0.3 is 4.42 Å². The average molecular weight is 284 g/mol. The van der Waals surface area contributed by atoms with Gasteiger partial charge in [0.1, 0.15) is 5.76 Å². The van der Waals surface area contributed by atoms with Gasteiger partial charge in [-0.05, 0) is 12.8 Å². The molecule has 0 amide bonds. The van der Waals surface area contributed by atoms with Gasteiger partial charge in [-0.3, -0.25) is 14.7 Å². The Morgan fingerprint density at radius 3 is 2.67 bits per heavy atom. The number of unbranched alkanes of at least 4 members (excludes halogenated alkanes) is 1. The monoisotopic (exact) mass is 284 g/mol. The average Bonchev–Trinajstić information content (AvgIpc) is 2.82. The molecule has 1 N–H and O–H groups in total. The van der Waals surface area contributed by atoms with Crippen LogP contribution in [0.3, 0.4) is 0 Å². The molecule has 5 heteroatoms. The number of aromatic amines is 1. The van der Waals surface area contributed by atoms with Crippen molar-refractivity contribution in [1.29, 1.82) is 0 Å². The summed E-state index contributed by atoms with van der Waals surface area (Å²) in [5.74, 6) is 0.470. The first-order valence-electron chi connectivity index (χ1n) is 7.04. The maximum absolute atomic E-state index is 12.1. The van der Waals surface area contributed by atoms with Gasteiger partial charge in [0.15, 0.2) is 0 Å². The van der Waals surface area contributed by atoms with Gasteiger partial charge in [-0.2, -0.15) is 4.52 Å². The van der Waals surface area contributed by atoms with Gasteiger partial charge in [-0.15, -0.1) is 0 Å². The first-order chi connectivity index (χ1) is 10.2. The van der Waals surface area contributed by atoms with Crippen LogP contribution in [0.25, 0.3) is 17.0 Å². The zero-order chi connectivity index (χ0) is 14.8. The van der Waals surface area contributed by atoms with Crippen LogP contribution in [0, 0.1) is 0 Å². The van der Waals surface area contributed by atoms with Gasteiger partial charge >= 0.3 is 0 Å². The van der Waals surface area contributed by atoms with E-state index in [-0.39, 0.29) is 11.1 Å². The van der Waals surface area contributed by atoms with E-state index in [0.29, 0.717) is 23.5 Å². The van der Waals surface area contributed by atoms with E-state index < -0.39 is 0 Å². The molecule has 0 atom stereocenters. The number of H-pyrrole nitrogens is 1. The lowest BCUT2D eigenvalue weighted by Crippen LogP contribution is -2.14. The van der Waals surface area contributed by atoms with Crippen LogP contribution in [-0.2, 0) is 6.42 Å². The van der Waals surface area contributed by atoms with Crippen LogP contribution in [0.5, 0.6) is 0 Å². The van der Waals surface area contributed by atoms with E-state index in [1.165, 1.54) is 10.6 Å². The molecule has 5 nitrogen and oxygen atoms in total. The number of hydrogen-bond acceptors (Lipinski definition) is 3. The van der Waals surface area contributed by atoms with Crippen molar-refractivity contribution >= 4 is 5.71 Å². The van der Waals surface area contributed by atoms with Gasteiger partial charge in [0.05, 0.1) is 5.56 Å². The minimum absolute atomic E-state index is 0.255. The lowest BCUT2D eigenvalue weighted by Gasteiger charge is -2.02. The summed E-state index contributed by atoms with van der Waals surface area (Å²) in [6.45, 7) is 2.05. The number of nitrogens with one attached hydrogen (secondary N) is 1. The predicted octanol–water partition coefficient (Wildman–Crippen LogP) is 2.59. The third kappa shape index (κ3) is 2.42. The van der Waals surface area contributed by atoms with Crippen molar-refractivity contribution < 1.29 is 4.42 Å². The van der Waals surface area contributed by atoms with Crippen molar-refractivity contribution in [3.05, 3.63) is 62.7 Å². The number of aromatic nitrogens is 2. The molecular formula is C16H16N2O3. The molecular weight excluding hydrogens is 268 g/mol. The number of benzene rings is 1. The molecule has 0 aliphatic heterocycles. The van der Waals surface area contributed by atoms with Crippen molar-refractivity contribution in [2.45, 2.75) is 26.2 Å². The molecule has 0 aliphatic carbocycles. The van der Waals surface area contributed by atoms with Crippen LogP contribution < -0.4 is 11.1 Å². The van der Waals surface area contributed by atoms with E-state index in [0.717, 1.165) is 18.4 Å². The van der Waals surface area contributed by atoms with E-state index in [2.05, 4.69) is 12.0 Å². The molecule has 1 aromatic carbocycles. The molecule has 3 aromatic rings. The second kappa shape index (κ2) is 5.44. The highest BCUT2D eigenvalue weighted by atomic mass is 16.3. The van der Waals surface area contributed by atoms with E-state index in [4.69, 9.17) is 4.42 Å². The van der Waals surface area contributed by atoms with Gasteiger partial charge in [0.25, 0.3) is 11.1 Å². The van der Waals surface area contributed by atoms with Crippen molar-refractivity contribution in [2.24, 2.45) is 0 Å². The Hall–Kier alpha value is -2.56. The topological polar surface area (TPSA) is 67.5 Å². The van der Waals surface area contributed by atoms with Crippen molar-refractivity contribution in [2.75, 3.05) is 0 Å². The first kappa shape index (κ1) is 13.4. The van der Waals surface area contributed by atoms with Crippen LogP contribution in [0.1, 0.15) is 25.3 Å². The van der Waals surface area contributed by atoms with Crippen LogP contribution >= 0.6 is 0 Å². The predicted molar refractivity (Wildman–Crippen MR) is 80.6 cm³/mol. The highest BCUT2D eigenvalue weighted by Crippen LogP contribution is 2.20. The zero-order valence-electron chi connectivity index (χ0n) is 11.8. The van der Waals surface area contributed by atoms with Crippen molar-refractivity contribution in [3.8, 4) is 11.3 Å². The van der Waals surface area contributed by atoms with E-state index >= 15 is 0 Å². The molecule has 21 heavy (non-hydrogen) atoms. The Morgan fingerprint density at radius 2 is 1.95 bits per heavy atom. The maximum Gasteiger partial charge on any atom is 0.276 e. The van der Waals surface area contributed by atoms with E-state index in [1.54, 1.807) is 0 Å². The summed E-state index contributed by atoms with van der Waals surface area (Å²) < 4.78 is 6.99. The third-order valence-electron chi connectivity index (χ3n) is 3.47. The molecule has 108 valence electrons. The van der Waals surface area contributed by atoms with Crippen molar-refractivity contribution in [3.63, 3.8) is 0 Å². The van der Waals surface area contributed by atoms with Crippen LogP contribution in [0.2, 0.25) is 0 Å². The van der Waals surface area contributed by atoms with E-state index in [9.17, 15) is 9.59 Å². The second-order valence-electron chi connectivity index (χ2n) is 4.98. The SMILES string of the molecule is CCCCc1c(=O)[nH]n2c(=O)cc(-c3ccccc3)oc12. The Labute approximate surface area is 120 Å². The fraction of sp³-hybridized carbons (Fsp3) is 0.250. The minimum Gasteiger partial charge on any atom is -0.438 e. The van der Waals surface area contributed by atoms with Crippen molar-refractivity contribution in [1.82, 2.24) is 9.61 Å². The standard InChI is InChI=1S/C16H16N2O3/c1-2-3-9-12-15(20)17-18-14(19)10-13(21-16(12)18)11-7-5-4-6-8-11/h4-8,10H,2-3,9H2,1H3,(H,17,20). The normalized spacial score (nSPS) is 11.1. The Balaban J connectivity index is 2.22. The van der Waals surface area contributed by atoms with E-state index in [1.807, 2.05) is 30.3 Å². The van der Waals surface area contributed by atoms with Crippen LogP contribution in [0.15, 0.2) is 50.4 Å². The molecule has 3 rings (SSSR count). The fourth-order valence-electron chi connectivity index (χ4n) is 2.34. The lowest BCUT2D eigenvalue weighted by atomic mass is 10.1. The summed E-state index contributed by atoms with van der Waals surface area (Å²) in [5.41, 5.74) is 1.11. The molecule has 2 aromatic heterocycles. The van der Waals surface area contributed by atoms with Gasteiger partial charge in [-0.1, -0.05) is 43.7 Å². The molecule has 0 spiro atoms. The second-order valence-corrected chi connectivity index (χ2v) is 4.98. The zero-order valence-corrected chi connectivity index (χ0v) is 11.8. The first-order valence-corrected chi connectivity index (χ1v) is 7.04. The highest BCUT2D eigenvalue weighted by Gasteiger charge is 2.14. The fourth-order valence-corrected chi connectivity index (χ4v) is 2.34. The summed E-state index contributed by atoms with van der Waals surface area (Å²) in [6.07, 6.45) is 2.45. The van der Waals surface area contributed by atoms with Crippen LogP contribution in [-0.4, -0.2) is 9.61 Å². The number of rotatable bonds is 4. The summed E-state index contributed by atoms with van der Waals surface area (Å²) in [6, 6.07) is 10.8. The third-order valence-corrected chi connectivity index (χ3v) is 3.47. The molecule has 0 aliphatic rings. The number of hydrogen-bond donors (Lipinski definition) is 1. The Morgan fingerprint density at radius 1 is 1.19 bits per heavy atom. The Bertz CT molecular complexity index is 872. The Kier molecular flexibility index (Phi) is 3.48. The van der Waals surface area contributed by atoms with Gasteiger partial charge in [0.2, 0.25) is 5.71 Å². The molecule has 2 heterocycles. The molecule has 0 fully saturated rings. The number of fused-ring (bicyclic) bond motifs is 1.